The van der Waals surface area contributed by atoms with Crippen molar-refractivity contribution < 1.29 is 14.3 Å². The maximum Gasteiger partial charge on any atom is 0.338 e. The molecule has 0 amide bonds. The maximum absolute atomic E-state index is 12.9. The predicted molar refractivity (Wildman–Crippen MR) is 132 cm³/mol. The highest BCUT2D eigenvalue weighted by molar-refractivity contribution is 9.10. The molecule has 1 aliphatic heterocycles. The third-order valence-corrected chi connectivity index (χ3v) is 6.31. The second-order valence-corrected chi connectivity index (χ2v) is 9.52. The quantitative estimate of drug-likeness (QED) is 0.301. The van der Waals surface area contributed by atoms with Gasteiger partial charge >= 0.3 is 5.97 Å². The molecule has 172 valence electrons. The van der Waals surface area contributed by atoms with Crippen molar-refractivity contribution in [3.8, 4) is 5.75 Å². The Morgan fingerprint density at radius 3 is 2.70 bits per heavy atom. The summed E-state index contributed by atoms with van der Waals surface area (Å²) in [5.41, 5.74) is 3.20. The van der Waals surface area contributed by atoms with E-state index in [4.69, 9.17) is 9.47 Å². The molecule has 0 saturated heterocycles. The fourth-order valence-corrected chi connectivity index (χ4v) is 4.64. The van der Waals surface area contributed by atoms with Gasteiger partial charge in [0.25, 0.3) is 0 Å². The first-order chi connectivity index (χ1) is 16.0. The SMILES string of the molecule is CCOC(=O)C1=C(C)Nc2nc(SCC)nn2C1c1ccc(OCc2cccc(Br)c2)cc1. The molecule has 1 atom stereocenters. The Bertz CT molecular complexity index is 1180. The minimum absolute atomic E-state index is 0.297. The van der Waals surface area contributed by atoms with Crippen molar-refractivity contribution in [2.75, 3.05) is 17.7 Å². The fourth-order valence-electron chi connectivity index (χ4n) is 3.64. The number of nitrogens with one attached hydrogen (secondary N) is 1. The molecule has 1 unspecified atom stereocenters. The molecular weight excluding hydrogens is 504 g/mol. The zero-order valence-electron chi connectivity index (χ0n) is 18.7. The number of halogens is 1. The highest BCUT2D eigenvalue weighted by Gasteiger charge is 2.35. The van der Waals surface area contributed by atoms with Gasteiger partial charge in [-0.25, -0.2) is 9.48 Å². The van der Waals surface area contributed by atoms with Crippen molar-refractivity contribution in [3.63, 3.8) is 0 Å². The van der Waals surface area contributed by atoms with Crippen molar-refractivity contribution in [3.05, 3.63) is 75.4 Å². The van der Waals surface area contributed by atoms with E-state index >= 15 is 0 Å². The van der Waals surface area contributed by atoms with Crippen molar-refractivity contribution in [2.45, 2.75) is 38.6 Å². The number of allylic oxidation sites excluding steroid dienone is 1. The zero-order chi connectivity index (χ0) is 23.4. The van der Waals surface area contributed by atoms with Crippen LogP contribution in [0.15, 0.2) is 69.4 Å². The predicted octanol–water partition coefficient (Wildman–Crippen LogP) is 5.58. The average Bonchev–Trinajstić information content (AvgIpc) is 3.19. The van der Waals surface area contributed by atoms with Gasteiger partial charge in [-0.05, 0) is 55.0 Å². The number of fused-ring (bicyclic) bond motifs is 1. The van der Waals surface area contributed by atoms with Crippen LogP contribution in [0.1, 0.15) is 37.9 Å². The van der Waals surface area contributed by atoms with Crippen LogP contribution in [0.3, 0.4) is 0 Å². The molecule has 4 rings (SSSR count). The van der Waals surface area contributed by atoms with Crippen LogP contribution < -0.4 is 10.1 Å². The Morgan fingerprint density at radius 1 is 1.21 bits per heavy atom. The molecule has 2 aromatic carbocycles. The molecule has 1 N–H and O–H groups in total. The number of thioether (sulfide) groups is 1. The first-order valence-corrected chi connectivity index (χ1v) is 12.5. The average molecular weight is 529 g/mol. The number of hydrogen-bond donors (Lipinski definition) is 1. The van der Waals surface area contributed by atoms with Crippen molar-refractivity contribution >= 4 is 39.6 Å². The largest absolute Gasteiger partial charge is 0.489 e. The number of ether oxygens (including phenoxy) is 2. The van der Waals surface area contributed by atoms with Gasteiger partial charge in [0.05, 0.1) is 12.2 Å². The number of rotatable bonds is 8. The van der Waals surface area contributed by atoms with E-state index in [0.29, 0.717) is 35.6 Å². The van der Waals surface area contributed by atoms with Gasteiger partial charge in [-0.1, -0.05) is 58.9 Å². The van der Waals surface area contributed by atoms with E-state index in [0.717, 1.165) is 27.1 Å². The van der Waals surface area contributed by atoms with Crippen molar-refractivity contribution in [1.29, 1.82) is 0 Å². The normalized spacial score (nSPS) is 15.1. The summed E-state index contributed by atoms with van der Waals surface area (Å²) in [5.74, 6) is 1.84. The Hall–Kier alpha value is -2.78. The van der Waals surface area contributed by atoms with Crippen LogP contribution >= 0.6 is 27.7 Å². The van der Waals surface area contributed by atoms with E-state index in [2.05, 4.69) is 38.3 Å². The molecule has 2 heterocycles. The van der Waals surface area contributed by atoms with Crippen LogP contribution in [0.2, 0.25) is 0 Å². The summed E-state index contributed by atoms with van der Waals surface area (Å²) >= 11 is 5.04. The van der Waals surface area contributed by atoms with Crippen molar-refractivity contribution in [2.24, 2.45) is 0 Å². The number of aromatic nitrogens is 3. The molecule has 0 aliphatic carbocycles. The lowest BCUT2D eigenvalue weighted by Gasteiger charge is -2.28. The lowest BCUT2D eigenvalue weighted by atomic mass is 9.96. The summed E-state index contributed by atoms with van der Waals surface area (Å²) in [6.45, 7) is 6.47. The standard InChI is InChI=1S/C24H25BrN4O3S/c1-4-31-22(30)20-15(3)26-23-27-24(33-5-2)28-29(23)21(20)17-9-11-19(12-10-17)32-14-16-7-6-8-18(25)13-16/h6-13,21H,4-5,14H2,1-3H3,(H,26,27,28). The van der Waals surface area contributed by atoms with Gasteiger partial charge in [0.1, 0.15) is 18.4 Å². The van der Waals surface area contributed by atoms with Gasteiger partial charge in [0.15, 0.2) is 0 Å². The second-order valence-electron chi connectivity index (χ2n) is 7.37. The van der Waals surface area contributed by atoms with Crippen LogP contribution in [-0.4, -0.2) is 33.1 Å². The molecule has 0 spiro atoms. The van der Waals surface area contributed by atoms with Crippen molar-refractivity contribution in [1.82, 2.24) is 14.8 Å². The zero-order valence-corrected chi connectivity index (χ0v) is 21.1. The fraction of sp³-hybridized carbons (Fsp3) is 0.292. The number of nitrogens with zero attached hydrogens (tertiary/aromatic N) is 3. The van der Waals surface area contributed by atoms with Gasteiger partial charge in [-0.2, -0.15) is 4.98 Å². The van der Waals surface area contributed by atoms with E-state index in [1.165, 1.54) is 0 Å². The molecule has 0 radical (unpaired) electrons. The number of benzene rings is 2. The molecule has 7 nitrogen and oxygen atoms in total. The third-order valence-electron chi connectivity index (χ3n) is 5.09. The molecule has 9 heteroatoms. The van der Waals surface area contributed by atoms with Gasteiger partial charge < -0.3 is 14.8 Å². The van der Waals surface area contributed by atoms with E-state index < -0.39 is 6.04 Å². The molecule has 0 bridgehead atoms. The Balaban J connectivity index is 1.63. The van der Waals surface area contributed by atoms with E-state index in [1.807, 2.05) is 55.5 Å². The molecule has 0 fully saturated rings. The maximum atomic E-state index is 12.9. The van der Waals surface area contributed by atoms with E-state index in [1.54, 1.807) is 23.4 Å². The first-order valence-electron chi connectivity index (χ1n) is 10.7. The molecule has 3 aromatic rings. The summed E-state index contributed by atoms with van der Waals surface area (Å²) < 4.78 is 14.1. The Labute approximate surface area is 205 Å². The topological polar surface area (TPSA) is 78.3 Å². The number of anilines is 1. The molecular formula is C24H25BrN4O3S. The highest BCUT2D eigenvalue weighted by atomic mass is 79.9. The van der Waals surface area contributed by atoms with Gasteiger partial charge in [-0.15, -0.1) is 5.10 Å². The minimum atomic E-state index is -0.446. The summed E-state index contributed by atoms with van der Waals surface area (Å²) in [6, 6.07) is 15.3. The van der Waals surface area contributed by atoms with Crippen LogP contribution in [0.25, 0.3) is 0 Å². The third kappa shape index (κ3) is 5.25. The summed E-state index contributed by atoms with van der Waals surface area (Å²) in [7, 11) is 0. The number of esters is 1. The first kappa shape index (κ1) is 23.4. The van der Waals surface area contributed by atoms with E-state index in [-0.39, 0.29) is 5.97 Å². The monoisotopic (exact) mass is 528 g/mol. The van der Waals surface area contributed by atoms with E-state index in [9.17, 15) is 4.79 Å². The summed E-state index contributed by atoms with van der Waals surface area (Å²) in [4.78, 5) is 17.5. The number of carbonyl (C=O) groups excluding carboxylic acids is 1. The van der Waals surface area contributed by atoms with Crippen LogP contribution in [0.5, 0.6) is 5.75 Å². The Morgan fingerprint density at radius 2 is 2.00 bits per heavy atom. The van der Waals surface area contributed by atoms with Crippen LogP contribution in [-0.2, 0) is 16.1 Å². The molecule has 1 aliphatic rings. The summed E-state index contributed by atoms with van der Waals surface area (Å²) in [6.07, 6.45) is 0. The molecule has 1 aromatic heterocycles. The minimum Gasteiger partial charge on any atom is -0.489 e. The second kappa shape index (κ2) is 10.4. The lowest BCUT2D eigenvalue weighted by Crippen LogP contribution is -2.29. The Kier molecular flexibility index (Phi) is 7.39. The van der Waals surface area contributed by atoms with Gasteiger partial charge in [-0.3, -0.25) is 0 Å². The van der Waals surface area contributed by atoms with Crippen LogP contribution in [0.4, 0.5) is 5.95 Å². The number of hydrogen-bond acceptors (Lipinski definition) is 7. The summed E-state index contributed by atoms with van der Waals surface area (Å²) in [5, 5.41) is 8.53. The van der Waals surface area contributed by atoms with Crippen LogP contribution in [0, 0.1) is 0 Å². The number of carbonyl (C=O) groups is 1. The smallest absolute Gasteiger partial charge is 0.338 e. The molecule has 0 saturated carbocycles. The lowest BCUT2D eigenvalue weighted by molar-refractivity contribution is -0.139. The van der Waals surface area contributed by atoms with Gasteiger partial charge in [0.2, 0.25) is 11.1 Å². The molecule has 33 heavy (non-hydrogen) atoms. The van der Waals surface area contributed by atoms with Gasteiger partial charge in [0, 0.05) is 10.2 Å². The highest BCUT2D eigenvalue weighted by Crippen LogP contribution is 2.37.